The first kappa shape index (κ1) is 13.9. The van der Waals surface area contributed by atoms with Crippen molar-refractivity contribution in [1.29, 1.82) is 0 Å². The van der Waals surface area contributed by atoms with Crippen LogP contribution in [0.2, 0.25) is 0 Å². The Morgan fingerprint density at radius 3 is 2.89 bits per heavy atom. The van der Waals surface area contributed by atoms with Gasteiger partial charge in [-0.2, -0.15) is 0 Å². The molecule has 1 heterocycles. The Labute approximate surface area is 120 Å². The van der Waals surface area contributed by atoms with Crippen LogP contribution in [-0.4, -0.2) is 22.5 Å². The second-order valence-corrected chi connectivity index (χ2v) is 6.05. The molecule has 0 radical (unpaired) electrons. The van der Waals surface area contributed by atoms with Crippen molar-refractivity contribution in [2.45, 2.75) is 31.8 Å². The van der Waals surface area contributed by atoms with Crippen LogP contribution >= 0.6 is 28.1 Å². The molecule has 0 aliphatic carbocycles. The molecule has 1 fully saturated rings. The summed E-state index contributed by atoms with van der Waals surface area (Å²) < 4.78 is 14.1. The SMILES string of the molecule is NC(=S)C1CCCCN1Cc1cc(F)cc(Br)c1. The van der Waals surface area contributed by atoms with Gasteiger partial charge in [-0.15, -0.1) is 0 Å². The van der Waals surface area contributed by atoms with Crippen molar-refractivity contribution in [3.8, 4) is 0 Å². The van der Waals surface area contributed by atoms with Crippen molar-refractivity contribution in [1.82, 2.24) is 4.90 Å². The molecule has 1 aromatic rings. The van der Waals surface area contributed by atoms with Gasteiger partial charge < -0.3 is 5.73 Å². The largest absolute Gasteiger partial charge is 0.392 e. The van der Waals surface area contributed by atoms with Gasteiger partial charge in [0.05, 0.1) is 11.0 Å². The molecule has 0 amide bonds. The molecule has 98 valence electrons. The van der Waals surface area contributed by atoms with Crippen LogP contribution in [0.15, 0.2) is 22.7 Å². The fraction of sp³-hybridized carbons (Fsp3) is 0.462. The highest BCUT2D eigenvalue weighted by atomic mass is 79.9. The van der Waals surface area contributed by atoms with Crippen LogP contribution in [0, 0.1) is 5.82 Å². The van der Waals surface area contributed by atoms with Gasteiger partial charge in [0.1, 0.15) is 5.82 Å². The van der Waals surface area contributed by atoms with E-state index in [2.05, 4.69) is 20.8 Å². The van der Waals surface area contributed by atoms with Crippen molar-refractivity contribution in [2.75, 3.05) is 6.54 Å². The van der Waals surface area contributed by atoms with E-state index < -0.39 is 0 Å². The number of hydrogen-bond donors (Lipinski definition) is 1. The second-order valence-electron chi connectivity index (χ2n) is 4.66. The predicted molar refractivity (Wildman–Crippen MR) is 78.9 cm³/mol. The lowest BCUT2D eigenvalue weighted by molar-refractivity contribution is 0.184. The van der Waals surface area contributed by atoms with Crippen LogP contribution < -0.4 is 5.73 Å². The van der Waals surface area contributed by atoms with E-state index in [1.165, 1.54) is 6.07 Å². The summed E-state index contributed by atoms with van der Waals surface area (Å²) in [5.74, 6) is -0.219. The zero-order valence-corrected chi connectivity index (χ0v) is 12.4. The first-order valence-electron chi connectivity index (χ1n) is 6.04. The van der Waals surface area contributed by atoms with Crippen LogP contribution in [0.25, 0.3) is 0 Å². The van der Waals surface area contributed by atoms with Gasteiger partial charge in [0.25, 0.3) is 0 Å². The molecule has 1 aliphatic heterocycles. The monoisotopic (exact) mass is 330 g/mol. The third-order valence-corrected chi connectivity index (χ3v) is 3.98. The van der Waals surface area contributed by atoms with Gasteiger partial charge in [-0.1, -0.05) is 34.6 Å². The number of benzene rings is 1. The number of likely N-dealkylation sites (tertiary alicyclic amines) is 1. The average molecular weight is 331 g/mol. The van der Waals surface area contributed by atoms with Crippen LogP contribution in [0.5, 0.6) is 0 Å². The van der Waals surface area contributed by atoms with Crippen LogP contribution in [0.1, 0.15) is 24.8 Å². The molecule has 2 nitrogen and oxygen atoms in total. The summed E-state index contributed by atoms with van der Waals surface area (Å²) in [6.45, 7) is 1.66. The summed E-state index contributed by atoms with van der Waals surface area (Å²) in [4.78, 5) is 2.79. The molecule has 0 spiro atoms. The maximum absolute atomic E-state index is 13.3. The molecule has 18 heavy (non-hydrogen) atoms. The Morgan fingerprint density at radius 1 is 1.44 bits per heavy atom. The highest BCUT2D eigenvalue weighted by Crippen LogP contribution is 2.22. The Bertz CT molecular complexity index is 432. The zero-order valence-electron chi connectivity index (χ0n) is 10.0. The molecule has 1 aromatic carbocycles. The quantitative estimate of drug-likeness (QED) is 0.863. The minimum atomic E-state index is -0.219. The third kappa shape index (κ3) is 3.49. The van der Waals surface area contributed by atoms with Crippen LogP contribution in [-0.2, 0) is 6.54 Å². The van der Waals surface area contributed by atoms with E-state index in [0.29, 0.717) is 11.5 Å². The van der Waals surface area contributed by atoms with E-state index in [1.807, 2.05) is 6.07 Å². The van der Waals surface area contributed by atoms with Gasteiger partial charge in [0, 0.05) is 11.0 Å². The van der Waals surface area contributed by atoms with Gasteiger partial charge >= 0.3 is 0 Å². The lowest BCUT2D eigenvalue weighted by Gasteiger charge is -2.35. The van der Waals surface area contributed by atoms with Crippen molar-refractivity contribution in [3.63, 3.8) is 0 Å². The summed E-state index contributed by atoms with van der Waals surface area (Å²) in [5.41, 5.74) is 6.73. The highest BCUT2D eigenvalue weighted by molar-refractivity contribution is 9.10. The van der Waals surface area contributed by atoms with Crippen LogP contribution in [0.4, 0.5) is 4.39 Å². The summed E-state index contributed by atoms with van der Waals surface area (Å²) in [5, 5.41) is 0. The van der Waals surface area contributed by atoms with Gasteiger partial charge in [0.2, 0.25) is 0 Å². The molecular weight excluding hydrogens is 315 g/mol. The number of thiocarbonyl (C=S) groups is 1. The molecule has 1 unspecified atom stereocenters. The number of nitrogens with two attached hydrogens (primary N) is 1. The predicted octanol–water partition coefficient (Wildman–Crippen LogP) is 3.23. The average Bonchev–Trinajstić information content (AvgIpc) is 2.27. The van der Waals surface area contributed by atoms with E-state index in [9.17, 15) is 4.39 Å². The molecule has 1 atom stereocenters. The second kappa shape index (κ2) is 6.08. The smallest absolute Gasteiger partial charge is 0.124 e. The van der Waals surface area contributed by atoms with Gasteiger partial charge in [-0.25, -0.2) is 4.39 Å². The molecule has 1 saturated heterocycles. The summed E-state index contributed by atoms with van der Waals surface area (Å²) in [7, 11) is 0. The van der Waals surface area contributed by atoms with E-state index in [0.717, 1.165) is 35.8 Å². The van der Waals surface area contributed by atoms with E-state index in [-0.39, 0.29) is 11.9 Å². The van der Waals surface area contributed by atoms with Crippen molar-refractivity contribution in [3.05, 3.63) is 34.1 Å². The molecule has 2 rings (SSSR count). The number of hydrogen-bond acceptors (Lipinski definition) is 2. The standard InChI is InChI=1S/C13H16BrFN2S/c14-10-5-9(6-11(15)7-10)8-17-4-2-1-3-12(17)13(16)18/h5-7,12H,1-4,8H2,(H2,16,18). The Hall–Kier alpha value is -0.520. The number of halogens is 2. The summed E-state index contributed by atoms with van der Waals surface area (Å²) in [6, 6.07) is 5.12. The van der Waals surface area contributed by atoms with Crippen molar-refractivity contribution in [2.24, 2.45) is 5.73 Å². The fourth-order valence-corrected chi connectivity index (χ4v) is 3.22. The van der Waals surface area contributed by atoms with Crippen LogP contribution in [0.3, 0.4) is 0 Å². The Balaban J connectivity index is 2.13. The maximum Gasteiger partial charge on any atom is 0.124 e. The van der Waals surface area contributed by atoms with Gasteiger partial charge in [-0.3, -0.25) is 4.90 Å². The Morgan fingerprint density at radius 2 is 2.22 bits per heavy atom. The molecule has 1 aliphatic rings. The first-order valence-corrected chi connectivity index (χ1v) is 7.25. The van der Waals surface area contributed by atoms with E-state index in [1.54, 1.807) is 6.07 Å². The highest BCUT2D eigenvalue weighted by Gasteiger charge is 2.24. The van der Waals surface area contributed by atoms with Gasteiger partial charge in [0.15, 0.2) is 0 Å². The van der Waals surface area contributed by atoms with Crippen molar-refractivity contribution >= 4 is 33.1 Å². The van der Waals surface area contributed by atoms with E-state index in [4.69, 9.17) is 18.0 Å². The molecular formula is C13H16BrFN2S. The lowest BCUT2D eigenvalue weighted by Crippen LogP contribution is -2.46. The topological polar surface area (TPSA) is 29.3 Å². The molecule has 0 aromatic heterocycles. The molecule has 0 bridgehead atoms. The number of piperidine rings is 1. The Kier molecular flexibility index (Phi) is 4.70. The van der Waals surface area contributed by atoms with E-state index >= 15 is 0 Å². The zero-order chi connectivity index (χ0) is 13.1. The first-order chi connectivity index (χ1) is 8.56. The van der Waals surface area contributed by atoms with Crippen molar-refractivity contribution < 1.29 is 4.39 Å². The molecule has 5 heteroatoms. The van der Waals surface area contributed by atoms with Gasteiger partial charge in [-0.05, 0) is 43.1 Å². The molecule has 2 N–H and O–H groups in total. The number of rotatable bonds is 3. The summed E-state index contributed by atoms with van der Waals surface area (Å²) in [6.07, 6.45) is 3.31. The maximum atomic E-state index is 13.3. The number of nitrogens with zero attached hydrogens (tertiary/aromatic N) is 1. The lowest BCUT2D eigenvalue weighted by atomic mass is 10.0. The summed E-state index contributed by atoms with van der Waals surface area (Å²) >= 11 is 8.43. The fourth-order valence-electron chi connectivity index (χ4n) is 2.44. The minimum absolute atomic E-state index is 0.149. The third-order valence-electron chi connectivity index (χ3n) is 3.25. The minimum Gasteiger partial charge on any atom is -0.392 e. The normalized spacial score (nSPS) is 20.9. The molecule has 0 saturated carbocycles.